The zero-order chi connectivity index (χ0) is 13.3. The van der Waals surface area contributed by atoms with Crippen molar-refractivity contribution < 1.29 is 18.4 Å². The molecule has 0 unspecified atom stereocenters. The van der Waals surface area contributed by atoms with Gasteiger partial charge in [-0.05, 0) is 23.6 Å². The largest absolute Gasteiger partial charge is 0.289 e. The van der Waals surface area contributed by atoms with Crippen LogP contribution in [0.15, 0.2) is 18.2 Å². The van der Waals surface area contributed by atoms with Crippen molar-refractivity contribution in [2.75, 3.05) is 17.1 Å². The summed E-state index contributed by atoms with van der Waals surface area (Å²) in [5.74, 6) is -0.493. The number of anilines is 1. The average Bonchev–Trinajstić information content (AvgIpc) is 2.71. The third kappa shape index (κ3) is 2.46. The molecule has 7 heteroatoms. The van der Waals surface area contributed by atoms with Crippen LogP contribution in [0.4, 0.5) is 5.69 Å². The molecule has 2 rings (SSSR count). The fraction of sp³-hybridized carbons (Fsp3) is 0.364. The van der Waals surface area contributed by atoms with Crippen LogP contribution in [0.2, 0.25) is 0 Å². The molecule has 6 nitrogen and oxygen atoms in total. The first-order valence-corrected chi connectivity index (χ1v) is 7.29. The van der Waals surface area contributed by atoms with E-state index in [-0.39, 0.29) is 6.42 Å². The van der Waals surface area contributed by atoms with Crippen LogP contribution in [-0.4, -0.2) is 32.3 Å². The molecule has 1 heterocycles. The quantitative estimate of drug-likeness (QED) is 0.600. The molecule has 0 saturated heterocycles. The van der Waals surface area contributed by atoms with Gasteiger partial charge in [0.25, 0.3) is 0 Å². The predicted molar refractivity (Wildman–Crippen MR) is 66.0 cm³/mol. The highest BCUT2D eigenvalue weighted by atomic mass is 32.2. The van der Waals surface area contributed by atoms with Crippen molar-refractivity contribution in [3.63, 3.8) is 0 Å². The van der Waals surface area contributed by atoms with Crippen LogP contribution in [0.3, 0.4) is 0 Å². The molecule has 1 aromatic rings. The van der Waals surface area contributed by atoms with Crippen molar-refractivity contribution in [1.82, 2.24) is 5.48 Å². The lowest BCUT2D eigenvalue weighted by Crippen LogP contribution is -2.27. The number of hydroxylamine groups is 1. The Morgan fingerprint density at radius 1 is 1.50 bits per heavy atom. The summed E-state index contributed by atoms with van der Waals surface area (Å²) in [6.45, 7) is 0.434. The molecule has 0 saturated carbocycles. The van der Waals surface area contributed by atoms with Gasteiger partial charge in [-0.15, -0.1) is 0 Å². The molecule has 1 aliphatic heterocycles. The van der Waals surface area contributed by atoms with Gasteiger partial charge in [0.2, 0.25) is 15.9 Å². The number of carbonyl (C=O) groups excluding carboxylic acids is 1. The number of sulfonamides is 1. The molecule has 0 bridgehead atoms. The molecule has 98 valence electrons. The molecule has 0 fully saturated rings. The van der Waals surface area contributed by atoms with Gasteiger partial charge in [-0.1, -0.05) is 12.1 Å². The first-order valence-electron chi connectivity index (χ1n) is 5.44. The number of nitrogens with zero attached hydrogens (tertiary/aromatic N) is 1. The van der Waals surface area contributed by atoms with E-state index >= 15 is 0 Å². The summed E-state index contributed by atoms with van der Waals surface area (Å²) in [6, 6.07) is 5.19. The fourth-order valence-electron chi connectivity index (χ4n) is 2.10. The van der Waals surface area contributed by atoms with Gasteiger partial charge in [-0.2, -0.15) is 0 Å². The Labute approximate surface area is 105 Å². The number of carbonyl (C=O) groups is 1. The van der Waals surface area contributed by atoms with Gasteiger partial charge in [0.05, 0.1) is 18.4 Å². The molecule has 0 aliphatic carbocycles. The number of rotatable bonds is 3. The van der Waals surface area contributed by atoms with Gasteiger partial charge < -0.3 is 0 Å². The first-order chi connectivity index (χ1) is 8.41. The summed E-state index contributed by atoms with van der Waals surface area (Å²) in [6.07, 6.45) is 1.88. The zero-order valence-electron chi connectivity index (χ0n) is 9.88. The summed E-state index contributed by atoms with van der Waals surface area (Å²) in [4.78, 5) is 11.0. The minimum atomic E-state index is -3.24. The summed E-state index contributed by atoms with van der Waals surface area (Å²) < 4.78 is 24.4. The normalized spacial score (nSPS) is 14.4. The Morgan fingerprint density at radius 3 is 2.83 bits per heavy atom. The SMILES string of the molecule is CS(=O)(=O)N1CCc2cc(CC(=O)NO)ccc21. The van der Waals surface area contributed by atoms with E-state index in [2.05, 4.69) is 0 Å². The molecule has 0 atom stereocenters. The third-order valence-electron chi connectivity index (χ3n) is 2.89. The van der Waals surface area contributed by atoms with Crippen LogP contribution in [-0.2, 0) is 27.7 Å². The Bertz CT molecular complexity index is 583. The van der Waals surface area contributed by atoms with Crippen LogP contribution in [0.25, 0.3) is 0 Å². The number of amides is 1. The standard InChI is InChI=1S/C11H14N2O4S/c1-18(16,17)13-5-4-9-6-8(2-3-10(9)13)7-11(14)12-15/h2-3,6,15H,4-5,7H2,1H3,(H,12,14). The lowest BCUT2D eigenvalue weighted by molar-refractivity contribution is -0.128. The third-order valence-corrected chi connectivity index (χ3v) is 4.07. The van der Waals surface area contributed by atoms with Crippen LogP contribution in [0.5, 0.6) is 0 Å². The molecule has 0 radical (unpaired) electrons. The van der Waals surface area contributed by atoms with E-state index in [1.807, 2.05) is 0 Å². The van der Waals surface area contributed by atoms with Crippen LogP contribution in [0, 0.1) is 0 Å². The van der Waals surface area contributed by atoms with Crippen LogP contribution >= 0.6 is 0 Å². The number of hydrogen-bond donors (Lipinski definition) is 2. The maximum atomic E-state index is 11.5. The van der Waals surface area contributed by atoms with Crippen molar-refractivity contribution >= 4 is 21.6 Å². The van der Waals surface area contributed by atoms with E-state index in [0.29, 0.717) is 18.7 Å². The second kappa shape index (κ2) is 4.58. The van der Waals surface area contributed by atoms with Gasteiger partial charge in [0.15, 0.2) is 0 Å². The fourth-order valence-corrected chi connectivity index (χ4v) is 3.06. The number of nitrogens with one attached hydrogen (secondary N) is 1. The summed E-state index contributed by atoms with van der Waals surface area (Å²) in [7, 11) is -3.24. The monoisotopic (exact) mass is 270 g/mol. The van der Waals surface area contributed by atoms with Crippen molar-refractivity contribution in [1.29, 1.82) is 0 Å². The summed E-state index contributed by atoms with van der Waals surface area (Å²) in [5.41, 5.74) is 3.89. The van der Waals surface area contributed by atoms with Crippen molar-refractivity contribution in [2.24, 2.45) is 0 Å². The van der Waals surface area contributed by atoms with E-state index in [9.17, 15) is 13.2 Å². The molecule has 2 N–H and O–H groups in total. The summed E-state index contributed by atoms with van der Waals surface area (Å²) in [5, 5.41) is 8.45. The van der Waals surface area contributed by atoms with Crippen molar-refractivity contribution in [3.05, 3.63) is 29.3 Å². The molecular weight excluding hydrogens is 256 g/mol. The highest BCUT2D eigenvalue weighted by molar-refractivity contribution is 7.92. The van der Waals surface area contributed by atoms with Gasteiger partial charge in [0.1, 0.15) is 0 Å². The Balaban J connectivity index is 2.28. The highest BCUT2D eigenvalue weighted by Crippen LogP contribution is 2.30. The predicted octanol–water partition coefficient (Wildman–Crippen LogP) is 0.0566. The van der Waals surface area contributed by atoms with E-state index < -0.39 is 15.9 Å². The Hall–Kier alpha value is -1.60. The second-order valence-electron chi connectivity index (χ2n) is 4.26. The highest BCUT2D eigenvalue weighted by Gasteiger charge is 2.26. The van der Waals surface area contributed by atoms with E-state index in [1.54, 1.807) is 23.7 Å². The molecule has 1 amide bonds. The molecule has 1 aliphatic rings. The lowest BCUT2D eigenvalue weighted by atomic mass is 10.1. The topological polar surface area (TPSA) is 86.7 Å². The number of hydrogen-bond acceptors (Lipinski definition) is 4. The van der Waals surface area contributed by atoms with Crippen molar-refractivity contribution in [2.45, 2.75) is 12.8 Å². The zero-order valence-corrected chi connectivity index (χ0v) is 10.7. The minimum absolute atomic E-state index is 0.0721. The van der Waals surface area contributed by atoms with E-state index in [4.69, 9.17) is 5.21 Å². The Kier molecular flexibility index (Phi) is 3.27. The van der Waals surface area contributed by atoms with E-state index in [0.717, 1.165) is 11.1 Å². The molecular formula is C11H14N2O4S. The Morgan fingerprint density at radius 2 is 2.22 bits per heavy atom. The van der Waals surface area contributed by atoms with Gasteiger partial charge in [-0.3, -0.25) is 14.3 Å². The maximum Gasteiger partial charge on any atom is 0.247 e. The van der Waals surface area contributed by atoms with Crippen molar-refractivity contribution in [3.8, 4) is 0 Å². The molecule has 1 aromatic carbocycles. The average molecular weight is 270 g/mol. The number of benzene rings is 1. The summed E-state index contributed by atoms with van der Waals surface area (Å²) >= 11 is 0. The number of fused-ring (bicyclic) bond motifs is 1. The molecule has 0 aromatic heterocycles. The van der Waals surface area contributed by atoms with Crippen LogP contribution in [0.1, 0.15) is 11.1 Å². The smallest absolute Gasteiger partial charge is 0.247 e. The van der Waals surface area contributed by atoms with E-state index in [1.165, 1.54) is 10.6 Å². The molecule has 18 heavy (non-hydrogen) atoms. The van der Waals surface area contributed by atoms with Gasteiger partial charge in [-0.25, -0.2) is 13.9 Å². The van der Waals surface area contributed by atoms with Gasteiger partial charge in [0, 0.05) is 6.54 Å². The first kappa shape index (κ1) is 12.8. The lowest BCUT2D eigenvalue weighted by Gasteiger charge is -2.16. The maximum absolute atomic E-state index is 11.5. The minimum Gasteiger partial charge on any atom is -0.289 e. The van der Waals surface area contributed by atoms with Gasteiger partial charge >= 0.3 is 0 Å². The second-order valence-corrected chi connectivity index (χ2v) is 6.17. The van der Waals surface area contributed by atoms with Crippen LogP contribution < -0.4 is 9.79 Å². The molecule has 0 spiro atoms.